The molecule has 3 rings (SSSR count). The van der Waals surface area contributed by atoms with Crippen LogP contribution in [0.4, 0.5) is 0 Å². The summed E-state index contributed by atoms with van der Waals surface area (Å²) in [5.74, 6) is 1.20. The Balaban J connectivity index is 1.86. The van der Waals surface area contributed by atoms with Gasteiger partial charge in [-0.1, -0.05) is 5.16 Å². The molecular weight excluding hydrogens is 284 g/mol. The Kier molecular flexibility index (Phi) is 2.90. The van der Waals surface area contributed by atoms with Gasteiger partial charge in [-0.25, -0.2) is 0 Å². The predicted molar refractivity (Wildman–Crippen MR) is 65.2 cm³/mol. The van der Waals surface area contributed by atoms with Crippen LogP contribution in [0.1, 0.15) is 24.8 Å². The summed E-state index contributed by atoms with van der Waals surface area (Å²) in [6.07, 6.45) is 3.92. The molecule has 2 aromatic heterocycles. The predicted octanol–water partition coefficient (Wildman–Crippen LogP) is 2.32. The van der Waals surface area contributed by atoms with Crippen molar-refractivity contribution >= 4 is 15.9 Å². The van der Waals surface area contributed by atoms with E-state index in [1.54, 1.807) is 6.20 Å². The quantitative estimate of drug-likeness (QED) is 0.921. The fraction of sp³-hybridized carbons (Fsp3) is 0.364. The third-order valence-electron chi connectivity index (χ3n) is 2.76. The smallest absolute Gasteiger partial charge is 0.244 e. The molecule has 1 aliphatic rings. The van der Waals surface area contributed by atoms with Gasteiger partial charge in [-0.05, 0) is 47.4 Å². The lowest BCUT2D eigenvalue weighted by Gasteiger charge is -2.01. The van der Waals surface area contributed by atoms with Crippen molar-refractivity contribution in [1.82, 2.24) is 20.4 Å². The minimum Gasteiger partial charge on any atom is -0.337 e. The first-order chi connectivity index (χ1) is 8.33. The highest BCUT2D eigenvalue weighted by Gasteiger charge is 2.22. The molecule has 0 aromatic carbocycles. The van der Waals surface area contributed by atoms with Crippen LogP contribution in [0, 0.1) is 0 Å². The van der Waals surface area contributed by atoms with E-state index in [4.69, 9.17) is 4.52 Å². The lowest BCUT2D eigenvalue weighted by atomic mass is 10.2. The summed E-state index contributed by atoms with van der Waals surface area (Å²) < 4.78 is 6.19. The van der Waals surface area contributed by atoms with Gasteiger partial charge < -0.3 is 9.84 Å². The molecule has 1 aliphatic heterocycles. The number of aromatic nitrogens is 3. The summed E-state index contributed by atoms with van der Waals surface area (Å²) in [6.45, 7) is 1.01. The van der Waals surface area contributed by atoms with Crippen molar-refractivity contribution in [2.24, 2.45) is 0 Å². The maximum absolute atomic E-state index is 5.26. The largest absolute Gasteiger partial charge is 0.337 e. The highest BCUT2D eigenvalue weighted by Crippen LogP contribution is 2.23. The van der Waals surface area contributed by atoms with E-state index in [1.165, 1.54) is 0 Å². The molecule has 2 aromatic rings. The maximum Gasteiger partial charge on any atom is 0.244 e. The fourth-order valence-corrected chi connectivity index (χ4v) is 2.12. The average Bonchev–Trinajstić information content (AvgIpc) is 3.00. The molecule has 0 saturated carbocycles. The number of rotatable bonds is 2. The molecule has 1 atom stereocenters. The summed E-state index contributed by atoms with van der Waals surface area (Å²) in [5, 5.41) is 7.28. The SMILES string of the molecule is Brc1ccc(-c2noc([C@H]3CCCN3)n2)nc1. The van der Waals surface area contributed by atoms with E-state index in [0.29, 0.717) is 11.7 Å². The molecule has 88 valence electrons. The monoisotopic (exact) mass is 294 g/mol. The molecule has 6 heteroatoms. The molecule has 0 aliphatic carbocycles. The second-order valence-electron chi connectivity index (χ2n) is 3.97. The van der Waals surface area contributed by atoms with Crippen LogP contribution in [-0.4, -0.2) is 21.7 Å². The van der Waals surface area contributed by atoms with E-state index in [1.807, 2.05) is 12.1 Å². The molecule has 0 amide bonds. The van der Waals surface area contributed by atoms with Gasteiger partial charge in [-0.15, -0.1) is 0 Å². The van der Waals surface area contributed by atoms with Gasteiger partial charge in [0, 0.05) is 10.7 Å². The van der Waals surface area contributed by atoms with E-state index in [-0.39, 0.29) is 6.04 Å². The van der Waals surface area contributed by atoms with Crippen molar-refractivity contribution in [3.05, 3.63) is 28.7 Å². The minimum absolute atomic E-state index is 0.201. The van der Waals surface area contributed by atoms with Crippen molar-refractivity contribution in [2.75, 3.05) is 6.54 Å². The molecule has 1 saturated heterocycles. The number of pyridine rings is 1. The van der Waals surface area contributed by atoms with Crippen LogP contribution in [0.15, 0.2) is 27.3 Å². The second-order valence-corrected chi connectivity index (χ2v) is 4.88. The van der Waals surface area contributed by atoms with Crippen LogP contribution < -0.4 is 5.32 Å². The third-order valence-corrected chi connectivity index (χ3v) is 3.23. The number of halogens is 1. The third kappa shape index (κ3) is 2.23. The van der Waals surface area contributed by atoms with Crippen molar-refractivity contribution < 1.29 is 4.52 Å². The first-order valence-electron chi connectivity index (χ1n) is 5.52. The summed E-state index contributed by atoms with van der Waals surface area (Å²) in [7, 11) is 0. The molecule has 3 heterocycles. The Morgan fingerprint density at radius 2 is 2.35 bits per heavy atom. The zero-order valence-corrected chi connectivity index (χ0v) is 10.6. The molecule has 17 heavy (non-hydrogen) atoms. The van der Waals surface area contributed by atoms with Crippen LogP contribution >= 0.6 is 15.9 Å². The van der Waals surface area contributed by atoms with Gasteiger partial charge in [0.15, 0.2) is 0 Å². The molecule has 0 unspecified atom stereocenters. The maximum atomic E-state index is 5.26. The summed E-state index contributed by atoms with van der Waals surface area (Å²) in [4.78, 5) is 8.61. The van der Waals surface area contributed by atoms with Crippen molar-refractivity contribution in [3.8, 4) is 11.5 Å². The standard InChI is InChI=1S/C11H11BrN4O/c12-7-3-4-8(14-6-7)10-15-11(17-16-10)9-2-1-5-13-9/h3-4,6,9,13H,1-2,5H2/t9-/m1/s1. The first-order valence-corrected chi connectivity index (χ1v) is 6.31. The van der Waals surface area contributed by atoms with Gasteiger partial charge in [0.1, 0.15) is 5.69 Å². The van der Waals surface area contributed by atoms with Crippen LogP contribution in [0.5, 0.6) is 0 Å². The Morgan fingerprint density at radius 1 is 1.41 bits per heavy atom. The van der Waals surface area contributed by atoms with Crippen molar-refractivity contribution in [1.29, 1.82) is 0 Å². The Hall–Kier alpha value is -1.27. The van der Waals surface area contributed by atoms with Gasteiger partial charge in [-0.3, -0.25) is 4.98 Å². The van der Waals surface area contributed by atoms with E-state index in [2.05, 4.69) is 36.4 Å². The lowest BCUT2D eigenvalue weighted by Crippen LogP contribution is -2.12. The molecule has 1 fully saturated rings. The van der Waals surface area contributed by atoms with Crippen LogP contribution in [0.3, 0.4) is 0 Å². The minimum atomic E-state index is 0.201. The Morgan fingerprint density at radius 3 is 3.06 bits per heavy atom. The second kappa shape index (κ2) is 4.54. The Labute approximate surface area is 107 Å². The normalized spacial score (nSPS) is 19.7. The molecule has 0 spiro atoms. The van der Waals surface area contributed by atoms with E-state index < -0.39 is 0 Å². The molecule has 0 bridgehead atoms. The van der Waals surface area contributed by atoms with Crippen LogP contribution in [0.25, 0.3) is 11.5 Å². The highest BCUT2D eigenvalue weighted by atomic mass is 79.9. The average molecular weight is 295 g/mol. The first kappa shape index (κ1) is 10.9. The molecular formula is C11H11BrN4O. The summed E-state index contributed by atoms with van der Waals surface area (Å²) in [6, 6.07) is 3.97. The topological polar surface area (TPSA) is 63.8 Å². The number of hydrogen-bond acceptors (Lipinski definition) is 5. The van der Waals surface area contributed by atoms with Crippen LogP contribution in [-0.2, 0) is 0 Å². The van der Waals surface area contributed by atoms with E-state index in [9.17, 15) is 0 Å². The zero-order chi connectivity index (χ0) is 11.7. The van der Waals surface area contributed by atoms with Gasteiger partial charge in [0.25, 0.3) is 0 Å². The van der Waals surface area contributed by atoms with Gasteiger partial charge in [-0.2, -0.15) is 4.98 Å². The van der Waals surface area contributed by atoms with Gasteiger partial charge in [0.2, 0.25) is 11.7 Å². The highest BCUT2D eigenvalue weighted by molar-refractivity contribution is 9.10. The van der Waals surface area contributed by atoms with Crippen molar-refractivity contribution in [2.45, 2.75) is 18.9 Å². The van der Waals surface area contributed by atoms with Gasteiger partial charge in [0.05, 0.1) is 6.04 Å². The van der Waals surface area contributed by atoms with Gasteiger partial charge >= 0.3 is 0 Å². The number of hydrogen-bond donors (Lipinski definition) is 1. The fourth-order valence-electron chi connectivity index (χ4n) is 1.88. The molecule has 0 radical (unpaired) electrons. The summed E-state index contributed by atoms with van der Waals surface area (Å²) >= 11 is 3.34. The van der Waals surface area contributed by atoms with E-state index >= 15 is 0 Å². The summed E-state index contributed by atoms with van der Waals surface area (Å²) in [5.41, 5.74) is 0.723. The molecule has 1 N–H and O–H groups in total. The number of nitrogens with zero attached hydrogens (tertiary/aromatic N) is 3. The zero-order valence-electron chi connectivity index (χ0n) is 9.06. The van der Waals surface area contributed by atoms with Crippen molar-refractivity contribution in [3.63, 3.8) is 0 Å². The lowest BCUT2D eigenvalue weighted by molar-refractivity contribution is 0.345. The van der Waals surface area contributed by atoms with E-state index in [0.717, 1.165) is 29.6 Å². The Bertz CT molecular complexity index is 504. The molecule has 5 nitrogen and oxygen atoms in total. The number of nitrogens with one attached hydrogen (secondary N) is 1. The van der Waals surface area contributed by atoms with Crippen LogP contribution in [0.2, 0.25) is 0 Å².